The van der Waals surface area contributed by atoms with Gasteiger partial charge in [-0.15, -0.1) is 0 Å². The molecule has 1 N–H and O–H groups in total. The van der Waals surface area contributed by atoms with Crippen molar-refractivity contribution in [2.24, 2.45) is 28.6 Å². The monoisotopic (exact) mass is 233 g/mol. The molecule has 0 amide bonds. The first-order valence-electron chi connectivity index (χ1n) is 6.98. The Kier molecular flexibility index (Phi) is 2.08. The summed E-state index contributed by atoms with van der Waals surface area (Å²) < 4.78 is 0. The minimum Gasteiger partial charge on any atom is -0.389 e. The van der Waals surface area contributed by atoms with Crippen LogP contribution in [-0.2, 0) is 0 Å². The molecule has 3 aliphatic rings. The molecule has 0 saturated heterocycles. The van der Waals surface area contributed by atoms with Gasteiger partial charge < -0.3 is 5.11 Å². The van der Waals surface area contributed by atoms with E-state index in [1.165, 1.54) is 0 Å². The van der Waals surface area contributed by atoms with Crippen LogP contribution in [0.2, 0.25) is 0 Å². The van der Waals surface area contributed by atoms with Crippen molar-refractivity contribution >= 4 is 0 Å². The van der Waals surface area contributed by atoms with Crippen LogP contribution in [0.25, 0.3) is 0 Å². The minimum absolute atomic E-state index is 0.108. The summed E-state index contributed by atoms with van der Waals surface area (Å²) in [6, 6.07) is 2.53. The molecule has 2 heteroatoms. The lowest BCUT2D eigenvalue weighted by Crippen LogP contribution is -2.43. The summed E-state index contributed by atoms with van der Waals surface area (Å²) in [5, 5.41) is 20.6. The molecule has 0 aromatic rings. The molecule has 94 valence electrons. The molecule has 3 fully saturated rings. The van der Waals surface area contributed by atoms with E-state index in [2.05, 4.69) is 26.8 Å². The highest BCUT2D eigenvalue weighted by atomic mass is 16.3. The molecular weight excluding hydrogens is 210 g/mol. The van der Waals surface area contributed by atoms with Crippen molar-refractivity contribution < 1.29 is 5.11 Å². The van der Waals surface area contributed by atoms with E-state index < -0.39 is 5.60 Å². The molecule has 0 heterocycles. The van der Waals surface area contributed by atoms with Gasteiger partial charge in [0, 0.05) is 0 Å². The van der Waals surface area contributed by atoms with Crippen molar-refractivity contribution in [3.05, 3.63) is 0 Å². The molecule has 3 rings (SSSR count). The highest BCUT2D eigenvalue weighted by molar-refractivity contribution is 5.22. The highest BCUT2D eigenvalue weighted by Crippen LogP contribution is 2.71. The number of nitrogens with zero attached hydrogens (tertiary/aromatic N) is 1. The summed E-state index contributed by atoms with van der Waals surface area (Å²) >= 11 is 0. The summed E-state index contributed by atoms with van der Waals surface area (Å²) in [4.78, 5) is 0. The van der Waals surface area contributed by atoms with Crippen molar-refractivity contribution in [2.75, 3.05) is 0 Å². The van der Waals surface area contributed by atoms with E-state index in [4.69, 9.17) is 0 Å². The van der Waals surface area contributed by atoms with E-state index in [1.54, 1.807) is 0 Å². The first kappa shape index (κ1) is 11.5. The second-order valence-electron chi connectivity index (χ2n) is 7.45. The largest absolute Gasteiger partial charge is 0.389 e. The Bertz CT molecular complexity index is 400. The molecule has 0 radical (unpaired) electrons. The zero-order chi connectivity index (χ0) is 12.5. The van der Waals surface area contributed by atoms with Gasteiger partial charge in [0.1, 0.15) is 0 Å². The predicted molar refractivity (Wildman–Crippen MR) is 66.0 cm³/mol. The lowest BCUT2D eigenvalue weighted by Gasteiger charge is -2.38. The molecule has 17 heavy (non-hydrogen) atoms. The van der Waals surface area contributed by atoms with Gasteiger partial charge in [-0.1, -0.05) is 13.8 Å². The molecule has 0 unspecified atom stereocenters. The van der Waals surface area contributed by atoms with Crippen LogP contribution >= 0.6 is 0 Å². The number of nitriles is 1. The summed E-state index contributed by atoms with van der Waals surface area (Å²) in [7, 11) is 0. The van der Waals surface area contributed by atoms with Crippen LogP contribution in [0.5, 0.6) is 0 Å². The van der Waals surface area contributed by atoms with Crippen LogP contribution in [0.15, 0.2) is 0 Å². The molecule has 0 spiro atoms. The van der Waals surface area contributed by atoms with Gasteiger partial charge in [0.25, 0.3) is 0 Å². The van der Waals surface area contributed by atoms with Crippen LogP contribution in [0.4, 0.5) is 0 Å². The zero-order valence-corrected chi connectivity index (χ0v) is 11.2. The van der Waals surface area contributed by atoms with E-state index in [-0.39, 0.29) is 10.8 Å². The van der Waals surface area contributed by atoms with Gasteiger partial charge in [0.2, 0.25) is 0 Å². The summed E-state index contributed by atoms with van der Waals surface area (Å²) in [6.45, 7) is 6.61. The van der Waals surface area contributed by atoms with Crippen molar-refractivity contribution in [2.45, 2.75) is 58.5 Å². The van der Waals surface area contributed by atoms with E-state index in [0.29, 0.717) is 17.8 Å². The van der Waals surface area contributed by atoms with Gasteiger partial charge >= 0.3 is 0 Å². The molecule has 0 aliphatic heterocycles. The Labute approximate surface area is 104 Å². The maximum absolute atomic E-state index is 11.1. The van der Waals surface area contributed by atoms with Gasteiger partial charge in [-0.2, -0.15) is 5.26 Å². The lowest BCUT2D eigenvalue weighted by atomic mass is 9.71. The van der Waals surface area contributed by atoms with E-state index in [1.807, 2.05) is 0 Å². The summed E-state index contributed by atoms with van der Waals surface area (Å²) in [5.41, 5.74) is -0.584. The zero-order valence-electron chi connectivity index (χ0n) is 11.2. The highest BCUT2D eigenvalue weighted by Gasteiger charge is 2.70. The second-order valence-corrected chi connectivity index (χ2v) is 7.45. The Morgan fingerprint density at radius 1 is 1.24 bits per heavy atom. The molecule has 0 aromatic heterocycles. The van der Waals surface area contributed by atoms with Gasteiger partial charge in [-0.05, 0) is 62.2 Å². The lowest BCUT2D eigenvalue weighted by molar-refractivity contribution is -0.0707. The standard InChI is InChI=1S/C15H23NO/c1-10-4-5-15(17)12(10)8-13(2,9-16)6-11-7-14(11,15)3/h10-12,17H,4-8H2,1-3H3/t10-,11+,12-,13-,14-,15+/m1/s1. The van der Waals surface area contributed by atoms with Gasteiger partial charge in [0.15, 0.2) is 0 Å². The Morgan fingerprint density at radius 2 is 1.94 bits per heavy atom. The third-order valence-corrected chi connectivity index (χ3v) is 6.32. The molecule has 0 bridgehead atoms. The Balaban J connectivity index is 2.03. The quantitative estimate of drug-likeness (QED) is 0.698. The van der Waals surface area contributed by atoms with E-state index in [9.17, 15) is 10.4 Å². The van der Waals surface area contributed by atoms with Gasteiger partial charge in [-0.25, -0.2) is 0 Å². The Morgan fingerprint density at radius 3 is 2.59 bits per heavy atom. The smallest absolute Gasteiger partial charge is 0.0735 e. The fraction of sp³-hybridized carbons (Fsp3) is 0.933. The summed E-state index contributed by atoms with van der Waals surface area (Å²) in [5.74, 6) is 1.49. The number of rotatable bonds is 0. The molecular formula is C15H23NO. The predicted octanol–water partition coefficient (Wildman–Crippen LogP) is 3.11. The van der Waals surface area contributed by atoms with Crippen molar-refractivity contribution in [1.29, 1.82) is 5.26 Å². The van der Waals surface area contributed by atoms with Crippen LogP contribution in [0, 0.1) is 39.9 Å². The maximum atomic E-state index is 11.1. The van der Waals surface area contributed by atoms with E-state index in [0.717, 1.165) is 32.1 Å². The molecule has 0 aromatic carbocycles. The van der Waals surface area contributed by atoms with Gasteiger partial charge in [-0.3, -0.25) is 0 Å². The third-order valence-electron chi connectivity index (χ3n) is 6.32. The average molecular weight is 233 g/mol. The molecule has 3 aliphatic carbocycles. The van der Waals surface area contributed by atoms with Crippen molar-refractivity contribution in [3.63, 3.8) is 0 Å². The first-order chi connectivity index (χ1) is 7.85. The van der Waals surface area contributed by atoms with E-state index >= 15 is 0 Å². The number of hydrogen-bond donors (Lipinski definition) is 1. The van der Waals surface area contributed by atoms with Crippen LogP contribution in [0.3, 0.4) is 0 Å². The first-order valence-corrected chi connectivity index (χ1v) is 6.98. The van der Waals surface area contributed by atoms with Crippen LogP contribution in [-0.4, -0.2) is 10.7 Å². The maximum Gasteiger partial charge on any atom is 0.0735 e. The average Bonchev–Trinajstić information content (AvgIpc) is 2.86. The fourth-order valence-corrected chi connectivity index (χ4v) is 4.87. The van der Waals surface area contributed by atoms with Gasteiger partial charge in [0.05, 0.1) is 17.1 Å². The third kappa shape index (κ3) is 1.30. The van der Waals surface area contributed by atoms with Crippen LogP contribution in [0.1, 0.15) is 52.9 Å². The fourth-order valence-electron chi connectivity index (χ4n) is 4.87. The summed E-state index contributed by atoms with van der Waals surface area (Å²) in [6.07, 6.45) is 5.10. The number of hydrogen-bond acceptors (Lipinski definition) is 2. The van der Waals surface area contributed by atoms with Crippen molar-refractivity contribution in [1.82, 2.24) is 0 Å². The van der Waals surface area contributed by atoms with Crippen molar-refractivity contribution in [3.8, 4) is 6.07 Å². The molecule has 6 atom stereocenters. The number of fused-ring (bicyclic) bond motifs is 3. The Hall–Kier alpha value is -0.550. The SMILES string of the molecule is C[C@@H]1CC[C@]2(O)[C@@H]1C[C@](C)(C#N)C[C@H]1C[C@]12C. The minimum atomic E-state index is -0.480. The normalized spacial score (nSPS) is 61.0. The molecule has 2 nitrogen and oxygen atoms in total. The second kappa shape index (κ2) is 3.06. The number of aliphatic hydroxyl groups is 1. The topological polar surface area (TPSA) is 44.0 Å². The van der Waals surface area contributed by atoms with Crippen LogP contribution < -0.4 is 0 Å². The molecule has 3 saturated carbocycles.